The summed E-state index contributed by atoms with van der Waals surface area (Å²) >= 11 is 0. The summed E-state index contributed by atoms with van der Waals surface area (Å²) in [6.45, 7) is 0. The number of hydrogen-bond donors (Lipinski definition) is 0. The van der Waals surface area contributed by atoms with Crippen molar-refractivity contribution in [3.8, 4) is 0 Å². The Morgan fingerprint density at radius 2 is 2.17 bits per heavy atom. The van der Waals surface area contributed by atoms with Crippen LogP contribution in [-0.2, 0) is 7.05 Å². The molecule has 2 aromatic rings. The lowest BCUT2D eigenvalue weighted by atomic mass is 10.7. The van der Waals surface area contributed by atoms with Crippen LogP contribution in [0.1, 0.15) is 0 Å². The Kier molecular flexibility index (Phi) is 1.36. The van der Waals surface area contributed by atoms with Gasteiger partial charge in [-0.25, -0.2) is 14.5 Å². The third-order valence-corrected chi connectivity index (χ3v) is 1.68. The SMILES string of the molecule is Cn1ccn1C(=O)n1ccnc1. The summed E-state index contributed by atoms with van der Waals surface area (Å²) in [7, 11) is 1.80. The third kappa shape index (κ3) is 0.868. The molecule has 0 aliphatic carbocycles. The highest BCUT2D eigenvalue weighted by molar-refractivity contribution is 5.78. The summed E-state index contributed by atoms with van der Waals surface area (Å²) < 4.78 is 4.60. The minimum absolute atomic E-state index is 0.127. The summed E-state index contributed by atoms with van der Waals surface area (Å²) in [6, 6.07) is -0.127. The summed E-state index contributed by atoms with van der Waals surface area (Å²) in [4.78, 5) is 15.2. The number of imidazole rings is 1. The second-order valence-corrected chi connectivity index (χ2v) is 2.47. The largest absolute Gasteiger partial charge is 0.352 e. The van der Waals surface area contributed by atoms with Crippen molar-refractivity contribution in [1.82, 2.24) is 18.9 Å². The molecule has 2 aromatic heterocycles. The monoisotopic (exact) mass is 164 g/mol. The summed E-state index contributed by atoms with van der Waals surface area (Å²) in [5.74, 6) is 0. The quantitative estimate of drug-likeness (QED) is 0.570. The highest BCUT2D eigenvalue weighted by atomic mass is 16.2. The molecule has 12 heavy (non-hydrogen) atoms. The van der Waals surface area contributed by atoms with Gasteiger partial charge in [0.25, 0.3) is 0 Å². The van der Waals surface area contributed by atoms with Crippen LogP contribution in [0.3, 0.4) is 0 Å². The average Bonchev–Trinajstić information content (AvgIpc) is 2.53. The van der Waals surface area contributed by atoms with E-state index >= 15 is 0 Å². The van der Waals surface area contributed by atoms with Crippen molar-refractivity contribution in [1.29, 1.82) is 0 Å². The van der Waals surface area contributed by atoms with Gasteiger partial charge in [0.2, 0.25) is 0 Å². The fraction of sp³-hybridized carbons (Fsp3) is 0.143. The zero-order chi connectivity index (χ0) is 8.55. The summed E-state index contributed by atoms with van der Waals surface area (Å²) in [6.07, 6.45) is 8.16. The maximum Gasteiger partial charge on any atom is 0.352 e. The van der Waals surface area contributed by atoms with E-state index in [1.807, 2.05) is 0 Å². The van der Waals surface area contributed by atoms with Crippen molar-refractivity contribution in [2.75, 3.05) is 0 Å². The molecule has 0 bridgehead atoms. The summed E-state index contributed by atoms with van der Waals surface area (Å²) in [5, 5.41) is 0. The molecule has 0 aromatic carbocycles. The van der Waals surface area contributed by atoms with Crippen molar-refractivity contribution in [2.24, 2.45) is 7.05 Å². The molecule has 0 saturated carbocycles. The standard InChI is InChI=1S/C7H8N4O/c1-9-4-5-11(9)7(12)10-3-2-8-6-10/h2-6H,1H3. The molecule has 2 heterocycles. The Hall–Kier alpha value is -1.78. The number of nitrogens with zero attached hydrogens (tertiary/aromatic N) is 4. The molecule has 0 amide bonds. The van der Waals surface area contributed by atoms with E-state index in [9.17, 15) is 4.79 Å². The number of hydrogen-bond acceptors (Lipinski definition) is 2. The van der Waals surface area contributed by atoms with Crippen LogP contribution in [0.15, 0.2) is 31.1 Å². The van der Waals surface area contributed by atoms with Gasteiger partial charge in [0.05, 0.1) is 0 Å². The first kappa shape index (κ1) is 6.90. The van der Waals surface area contributed by atoms with Gasteiger partial charge in [0, 0.05) is 31.8 Å². The van der Waals surface area contributed by atoms with Crippen molar-refractivity contribution in [3.63, 3.8) is 0 Å². The molecule has 0 N–H and O–H groups in total. The van der Waals surface area contributed by atoms with Gasteiger partial charge in [0.1, 0.15) is 6.33 Å². The molecule has 0 radical (unpaired) electrons. The molecular weight excluding hydrogens is 156 g/mol. The molecule has 0 aliphatic heterocycles. The lowest BCUT2D eigenvalue weighted by Gasteiger charge is -2.14. The van der Waals surface area contributed by atoms with Crippen LogP contribution < -0.4 is 0 Å². The zero-order valence-corrected chi connectivity index (χ0v) is 6.58. The number of aryl methyl sites for hydroxylation is 1. The molecule has 0 saturated heterocycles. The predicted molar refractivity (Wildman–Crippen MR) is 41.8 cm³/mol. The third-order valence-electron chi connectivity index (χ3n) is 1.68. The smallest absolute Gasteiger partial charge is 0.286 e. The lowest BCUT2D eigenvalue weighted by Crippen LogP contribution is -2.28. The first-order chi connectivity index (χ1) is 5.79. The average molecular weight is 164 g/mol. The Balaban J connectivity index is 2.31. The highest BCUT2D eigenvalue weighted by Crippen LogP contribution is 1.95. The Labute approximate surface area is 68.8 Å². The van der Waals surface area contributed by atoms with E-state index in [-0.39, 0.29) is 6.03 Å². The van der Waals surface area contributed by atoms with Crippen molar-refractivity contribution >= 4 is 6.03 Å². The number of aromatic nitrogens is 4. The molecule has 2 rings (SSSR count). The normalized spacial score (nSPS) is 10.4. The van der Waals surface area contributed by atoms with Gasteiger partial charge in [0.15, 0.2) is 0 Å². The van der Waals surface area contributed by atoms with Crippen LogP contribution in [0.2, 0.25) is 0 Å². The van der Waals surface area contributed by atoms with Crippen LogP contribution in [-0.4, -0.2) is 24.9 Å². The van der Waals surface area contributed by atoms with Gasteiger partial charge >= 0.3 is 6.03 Å². The van der Waals surface area contributed by atoms with E-state index in [0.29, 0.717) is 0 Å². The van der Waals surface area contributed by atoms with E-state index in [1.54, 1.807) is 36.5 Å². The molecule has 0 unspecified atom stereocenters. The molecule has 0 atom stereocenters. The minimum atomic E-state index is -0.127. The predicted octanol–water partition coefficient (Wildman–Crippen LogP) is 0.539. The van der Waals surface area contributed by atoms with Gasteiger partial charge in [-0.05, 0) is 0 Å². The summed E-state index contributed by atoms with van der Waals surface area (Å²) in [5.41, 5.74) is 0. The fourth-order valence-electron chi connectivity index (χ4n) is 0.956. The van der Waals surface area contributed by atoms with Gasteiger partial charge in [-0.2, -0.15) is 0 Å². The van der Waals surface area contributed by atoms with Crippen LogP contribution in [0, 0.1) is 0 Å². The number of carbonyl (C=O) groups is 1. The fourth-order valence-corrected chi connectivity index (χ4v) is 0.956. The van der Waals surface area contributed by atoms with Gasteiger partial charge in [-0.15, -0.1) is 0 Å². The maximum atomic E-state index is 11.5. The Morgan fingerprint density at radius 3 is 2.58 bits per heavy atom. The van der Waals surface area contributed by atoms with Crippen molar-refractivity contribution in [2.45, 2.75) is 0 Å². The lowest BCUT2D eigenvalue weighted by molar-refractivity contribution is 0.235. The minimum Gasteiger partial charge on any atom is -0.286 e. The molecule has 62 valence electrons. The molecule has 5 heteroatoms. The van der Waals surface area contributed by atoms with E-state index in [2.05, 4.69) is 4.98 Å². The van der Waals surface area contributed by atoms with Crippen LogP contribution >= 0.6 is 0 Å². The topological polar surface area (TPSA) is 44.8 Å². The van der Waals surface area contributed by atoms with Gasteiger partial charge in [-0.3, -0.25) is 9.25 Å². The molecular formula is C7H8N4O. The molecule has 5 nitrogen and oxygen atoms in total. The van der Waals surface area contributed by atoms with Crippen LogP contribution in [0.5, 0.6) is 0 Å². The number of carbonyl (C=O) groups excluding carboxylic acids is 1. The van der Waals surface area contributed by atoms with E-state index in [0.717, 1.165) is 0 Å². The second-order valence-electron chi connectivity index (χ2n) is 2.47. The molecule has 0 fully saturated rings. The maximum absolute atomic E-state index is 11.5. The van der Waals surface area contributed by atoms with Gasteiger partial charge in [-0.1, -0.05) is 0 Å². The number of rotatable bonds is 0. The zero-order valence-electron chi connectivity index (χ0n) is 6.58. The van der Waals surface area contributed by atoms with Crippen LogP contribution in [0.25, 0.3) is 0 Å². The second kappa shape index (κ2) is 2.37. The highest BCUT2D eigenvalue weighted by Gasteiger charge is 2.08. The Bertz CT molecular complexity index is 381. The van der Waals surface area contributed by atoms with Crippen molar-refractivity contribution in [3.05, 3.63) is 31.1 Å². The first-order valence-corrected chi connectivity index (χ1v) is 3.51. The van der Waals surface area contributed by atoms with Gasteiger partial charge < -0.3 is 0 Å². The molecule has 0 aliphatic rings. The van der Waals surface area contributed by atoms with Crippen molar-refractivity contribution < 1.29 is 4.79 Å². The van der Waals surface area contributed by atoms with Crippen LogP contribution in [0.4, 0.5) is 4.79 Å². The van der Waals surface area contributed by atoms with E-state index in [1.165, 1.54) is 15.6 Å². The van der Waals surface area contributed by atoms with E-state index < -0.39 is 0 Å². The first-order valence-electron chi connectivity index (χ1n) is 3.51. The van der Waals surface area contributed by atoms with E-state index in [4.69, 9.17) is 0 Å². The molecule has 0 spiro atoms. The Morgan fingerprint density at radius 1 is 1.33 bits per heavy atom.